The highest BCUT2D eigenvalue weighted by atomic mass is 32.1. The monoisotopic (exact) mass is 396 g/mol. The Morgan fingerprint density at radius 1 is 1.04 bits per heavy atom. The van der Waals surface area contributed by atoms with Gasteiger partial charge in [-0.15, -0.1) is 11.3 Å². The molecule has 2 aromatic carbocycles. The predicted octanol–water partition coefficient (Wildman–Crippen LogP) is 5.23. The summed E-state index contributed by atoms with van der Waals surface area (Å²) in [7, 11) is 1.63. The number of anilines is 1. The second kappa shape index (κ2) is 9.37. The van der Waals surface area contributed by atoms with Gasteiger partial charge in [0.05, 0.1) is 19.4 Å². The number of hydrogen-bond acceptors (Lipinski definition) is 5. The third-order valence-electron chi connectivity index (χ3n) is 4.24. The molecular formula is C22H24N2O3S. The number of nitrogens with one attached hydrogen (secondary N) is 1. The number of amides is 1. The number of aryl methyl sites for hydroxylation is 2. The number of carbonyl (C=O) groups excluding carboxylic acids is 1. The van der Waals surface area contributed by atoms with E-state index in [1.165, 1.54) is 16.9 Å². The molecule has 0 bridgehead atoms. The molecule has 0 spiro atoms. The van der Waals surface area contributed by atoms with Crippen molar-refractivity contribution >= 4 is 22.4 Å². The molecule has 3 aromatic rings. The molecule has 1 heterocycles. The molecule has 0 aliphatic rings. The van der Waals surface area contributed by atoms with Crippen LogP contribution in [0.15, 0.2) is 48.5 Å². The summed E-state index contributed by atoms with van der Waals surface area (Å²) in [6.45, 7) is 4.55. The van der Waals surface area contributed by atoms with Crippen molar-refractivity contribution in [3.63, 3.8) is 0 Å². The number of carbonyl (C=O) groups is 1. The van der Waals surface area contributed by atoms with Crippen LogP contribution in [-0.2, 0) is 4.79 Å². The number of benzene rings is 2. The van der Waals surface area contributed by atoms with E-state index in [9.17, 15) is 4.79 Å². The van der Waals surface area contributed by atoms with Gasteiger partial charge in [0.15, 0.2) is 5.13 Å². The predicted molar refractivity (Wildman–Crippen MR) is 113 cm³/mol. The summed E-state index contributed by atoms with van der Waals surface area (Å²) in [6.07, 6.45) is 1.02. The molecule has 0 radical (unpaired) electrons. The van der Waals surface area contributed by atoms with Crippen LogP contribution < -0.4 is 14.8 Å². The molecule has 28 heavy (non-hydrogen) atoms. The maximum atomic E-state index is 12.2. The first-order chi connectivity index (χ1) is 13.5. The average Bonchev–Trinajstić information content (AvgIpc) is 3.06. The van der Waals surface area contributed by atoms with Crippen molar-refractivity contribution in [2.45, 2.75) is 26.7 Å². The minimum atomic E-state index is -0.0532. The zero-order valence-electron chi connectivity index (χ0n) is 16.3. The fourth-order valence-electron chi connectivity index (χ4n) is 2.71. The molecule has 1 N–H and O–H groups in total. The highest BCUT2D eigenvalue weighted by Gasteiger charge is 2.12. The topological polar surface area (TPSA) is 60.5 Å². The summed E-state index contributed by atoms with van der Waals surface area (Å²) in [5.74, 6) is 1.50. The maximum Gasteiger partial charge on any atom is 0.226 e. The van der Waals surface area contributed by atoms with Crippen LogP contribution in [0, 0.1) is 13.8 Å². The Morgan fingerprint density at radius 3 is 2.39 bits per heavy atom. The molecule has 0 aliphatic heterocycles. The third kappa shape index (κ3) is 5.33. The van der Waals surface area contributed by atoms with Crippen molar-refractivity contribution < 1.29 is 14.3 Å². The standard InChI is InChI=1S/C22H24N2O3S/c1-15-6-8-17(9-7-15)21-16(2)28-22(24-21)23-20(25)5-4-14-27-19-12-10-18(26-3)11-13-19/h6-13H,4-5,14H2,1-3H3,(H,23,24,25). The number of methoxy groups -OCH3 is 1. The Hall–Kier alpha value is -2.86. The van der Waals surface area contributed by atoms with Crippen LogP contribution in [0.5, 0.6) is 11.5 Å². The Bertz CT molecular complexity index is 918. The fraction of sp³-hybridized carbons (Fsp3) is 0.273. The molecule has 0 unspecified atom stereocenters. The second-order valence-electron chi connectivity index (χ2n) is 6.47. The lowest BCUT2D eigenvalue weighted by Gasteiger charge is -2.07. The van der Waals surface area contributed by atoms with Crippen molar-refractivity contribution in [2.24, 2.45) is 0 Å². The lowest BCUT2D eigenvalue weighted by Crippen LogP contribution is -2.12. The molecule has 0 fully saturated rings. The average molecular weight is 397 g/mol. The van der Waals surface area contributed by atoms with Crippen LogP contribution in [0.1, 0.15) is 23.3 Å². The van der Waals surface area contributed by atoms with Crippen molar-refractivity contribution in [3.8, 4) is 22.8 Å². The zero-order chi connectivity index (χ0) is 19.9. The number of hydrogen-bond donors (Lipinski definition) is 1. The van der Waals surface area contributed by atoms with E-state index in [2.05, 4.69) is 41.5 Å². The van der Waals surface area contributed by atoms with Gasteiger partial charge in [0.1, 0.15) is 11.5 Å². The number of thiazole rings is 1. The van der Waals surface area contributed by atoms with E-state index in [0.29, 0.717) is 24.6 Å². The molecule has 0 atom stereocenters. The minimum absolute atomic E-state index is 0.0532. The fourth-order valence-corrected chi connectivity index (χ4v) is 3.56. The van der Waals surface area contributed by atoms with Crippen molar-refractivity contribution in [2.75, 3.05) is 19.0 Å². The maximum absolute atomic E-state index is 12.2. The highest BCUT2D eigenvalue weighted by molar-refractivity contribution is 7.16. The Labute approximate surface area is 169 Å². The van der Waals surface area contributed by atoms with Gasteiger partial charge in [-0.3, -0.25) is 4.79 Å². The summed E-state index contributed by atoms with van der Waals surface area (Å²) >= 11 is 1.50. The van der Waals surface area contributed by atoms with Gasteiger partial charge < -0.3 is 14.8 Å². The second-order valence-corrected chi connectivity index (χ2v) is 7.67. The molecular weight excluding hydrogens is 372 g/mol. The Balaban J connectivity index is 1.47. The van der Waals surface area contributed by atoms with Gasteiger partial charge in [-0.25, -0.2) is 4.98 Å². The van der Waals surface area contributed by atoms with Gasteiger partial charge in [0, 0.05) is 16.9 Å². The largest absolute Gasteiger partial charge is 0.497 e. The quantitative estimate of drug-likeness (QED) is 0.530. The smallest absolute Gasteiger partial charge is 0.226 e. The van der Waals surface area contributed by atoms with E-state index < -0.39 is 0 Å². The Kier molecular flexibility index (Phi) is 6.66. The number of nitrogens with zero attached hydrogens (tertiary/aromatic N) is 1. The molecule has 3 rings (SSSR count). The van der Waals surface area contributed by atoms with E-state index >= 15 is 0 Å². The first kappa shape index (κ1) is 19.9. The zero-order valence-corrected chi connectivity index (χ0v) is 17.1. The summed E-state index contributed by atoms with van der Waals surface area (Å²) in [6, 6.07) is 15.6. The molecule has 6 heteroatoms. The lowest BCUT2D eigenvalue weighted by atomic mass is 10.1. The van der Waals surface area contributed by atoms with Gasteiger partial charge >= 0.3 is 0 Å². The van der Waals surface area contributed by atoms with Crippen LogP contribution >= 0.6 is 11.3 Å². The van der Waals surface area contributed by atoms with Gasteiger partial charge in [-0.1, -0.05) is 29.8 Å². The lowest BCUT2D eigenvalue weighted by molar-refractivity contribution is -0.116. The van der Waals surface area contributed by atoms with E-state index in [0.717, 1.165) is 27.6 Å². The van der Waals surface area contributed by atoms with Crippen LogP contribution in [-0.4, -0.2) is 24.6 Å². The SMILES string of the molecule is COc1ccc(OCCCC(=O)Nc2nc(-c3ccc(C)cc3)c(C)s2)cc1. The summed E-state index contributed by atoms with van der Waals surface area (Å²) in [5, 5.41) is 3.53. The molecule has 5 nitrogen and oxygen atoms in total. The summed E-state index contributed by atoms with van der Waals surface area (Å²) in [5.41, 5.74) is 3.19. The molecule has 0 saturated heterocycles. The Morgan fingerprint density at radius 2 is 1.71 bits per heavy atom. The van der Waals surface area contributed by atoms with Crippen LogP contribution in [0.3, 0.4) is 0 Å². The van der Waals surface area contributed by atoms with Crippen LogP contribution in [0.4, 0.5) is 5.13 Å². The summed E-state index contributed by atoms with van der Waals surface area (Å²) in [4.78, 5) is 17.9. The normalized spacial score (nSPS) is 10.5. The van der Waals surface area contributed by atoms with Crippen LogP contribution in [0.25, 0.3) is 11.3 Å². The number of rotatable bonds is 8. The molecule has 0 saturated carbocycles. The van der Waals surface area contributed by atoms with E-state index in [1.807, 2.05) is 31.2 Å². The molecule has 146 valence electrons. The van der Waals surface area contributed by atoms with Crippen molar-refractivity contribution in [1.82, 2.24) is 4.98 Å². The van der Waals surface area contributed by atoms with E-state index in [-0.39, 0.29) is 5.91 Å². The van der Waals surface area contributed by atoms with Gasteiger partial charge in [0.25, 0.3) is 0 Å². The molecule has 1 amide bonds. The highest BCUT2D eigenvalue weighted by Crippen LogP contribution is 2.30. The number of ether oxygens (including phenoxy) is 2. The number of aromatic nitrogens is 1. The van der Waals surface area contributed by atoms with E-state index in [4.69, 9.17) is 9.47 Å². The minimum Gasteiger partial charge on any atom is -0.497 e. The molecule has 1 aromatic heterocycles. The van der Waals surface area contributed by atoms with Crippen LogP contribution in [0.2, 0.25) is 0 Å². The third-order valence-corrected chi connectivity index (χ3v) is 5.13. The first-order valence-corrected chi connectivity index (χ1v) is 9.98. The van der Waals surface area contributed by atoms with Crippen molar-refractivity contribution in [1.29, 1.82) is 0 Å². The van der Waals surface area contributed by atoms with Gasteiger partial charge in [0.2, 0.25) is 5.91 Å². The van der Waals surface area contributed by atoms with Gasteiger partial charge in [-0.05, 0) is 44.5 Å². The van der Waals surface area contributed by atoms with E-state index in [1.54, 1.807) is 7.11 Å². The molecule has 0 aliphatic carbocycles. The van der Waals surface area contributed by atoms with Crippen molar-refractivity contribution in [3.05, 3.63) is 59.0 Å². The first-order valence-electron chi connectivity index (χ1n) is 9.16. The van der Waals surface area contributed by atoms with Gasteiger partial charge in [-0.2, -0.15) is 0 Å². The summed E-state index contributed by atoms with van der Waals surface area (Å²) < 4.78 is 10.8.